The van der Waals surface area contributed by atoms with Crippen LogP contribution in [-0.2, 0) is 37.5 Å². The van der Waals surface area contributed by atoms with Crippen LogP contribution in [0, 0.1) is 18.8 Å². The number of carbonyl (C=O) groups excluding carboxylic acids is 1. The van der Waals surface area contributed by atoms with E-state index in [0.717, 1.165) is 13.3 Å². The predicted octanol–water partition coefficient (Wildman–Crippen LogP) is -1.19. The van der Waals surface area contributed by atoms with E-state index in [1.54, 1.807) is 49.0 Å². The molecule has 0 aromatic rings. The van der Waals surface area contributed by atoms with Gasteiger partial charge in [-0.15, -0.1) is 10.2 Å². The van der Waals surface area contributed by atoms with E-state index in [-0.39, 0.29) is 65.5 Å². The molecular weight excluding hydrogens is 601 g/mol. The zero-order chi connectivity index (χ0) is 32.4. The Kier molecular flexibility index (Phi) is 27.8. The maximum Gasteiger partial charge on any atom is 0.296 e. The summed E-state index contributed by atoms with van der Waals surface area (Å²) in [5.41, 5.74) is 1.86. The van der Waals surface area contributed by atoms with Crippen LogP contribution >= 0.6 is 0 Å². The first-order chi connectivity index (χ1) is 17.5. The fourth-order valence-corrected chi connectivity index (χ4v) is 2.32. The van der Waals surface area contributed by atoms with Gasteiger partial charge in [0.1, 0.15) is 18.8 Å². The molecular formula is C25H57N6O8Y-. The van der Waals surface area contributed by atoms with Crippen molar-refractivity contribution < 1.29 is 87.0 Å². The summed E-state index contributed by atoms with van der Waals surface area (Å²) in [6, 6.07) is 0. The van der Waals surface area contributed by atoms with Crippen LogP contribution in [0.1, 0.15) is 55.4 Å². The third-order valence-electron chi connectivity index (χ3n) is 4.12. The summed E-state index contributed by atoms with van der Waals surface area (Å²) in [5, 5.41) is 77.0. The van der Waals surface area contributed by atoms with Crippen molar-refractivity contribution in [3.05, 3.63) is 13.3 Å². The molecule has 0 spiro atoms. The van der Waals surface area contributed by atoms with Gasteiger partial charge in [-0.25, -0.2) is 14.6 Å². The summed E-state index contributed by atoms with van der Waals surface area (Å²) in [5.74, 6) is -2.27. The van der Waals surface area contributed by atoms with E-state index in [4.69, 9.17) is 10.2 Å². The number of quaternary nitrogens is 3. The third kappa shape index (κ3) is 24.9. The van der Waals surface area contributed by atoms with Crippen molar-refractivity contribution in [3.8, 4) is 0 Å². The zero-order valence-electron chi connectivity index (χ0n) is 27.1. The topological polar surface area (TPSA) is 201 Å². The SMILES string of the molecule is CC.CC.CC(C)(C)C([O-])=N[N+](C)(C)[CH-]O.CC(O)C[N+](C)(C)N=C([O-])[C@@H](O)[C@H](O)C(=O)N[N+](C)(C)C[CH-]O.[Y]. The average molecular weight is 659 g/mol. The molecule has 40 heavy (non-hydrogen) atoms. The normalized spacial score (nSPS) is 14.9. The number of amides is 1. The quantitative estimate of drug-likeness (QED) is 0.0523. The number of hydrogen-bond donors (Lipinski definition) is 6. The van der Waals surface area contributed by atoms with E-state index in [9.17, 15) is 30.3 Å². The number of nitrogens with zero attached hydrogens (tertiary/aromatic N) is 5. The molecule has 0 aromatic heterocycles. The van der Waals surface area contributed by atoms with Crippen molar-refractivity contribution in [1.29, 1.82) is 0 Å². The van der Waals surface area contributed by atoms with Gasteiger partial charge in [-0.3, -0.25) is 4.79 Å². The molecule has 1 radical (unpaired) electrons. The monoisotopic (exact) mass is 658 g/mol. The van der Waals surface area contributed by atoms with Gasteiger partial charge in [0.15, 0.2) is 6.10 Å². The molecule has 15 heteroatoms. The summed E-state index contributed by atoms with van der Waals surface area (Å²) in [6.45, 7) is 16.8. The Bertz CT molecular complexity index is 727. The van der Waals surface area contributed by atoms with E-state index < -0.39 is 35.5 Å². The van der Waals surface area contributed by atoms with Crippen LogP contribution in [-0.4, -0.2) is 131 Å². The largest absolute Gasteiger partial charge is 0.858 e. The van der Waals surface area contributed by atoms with E-state index in [2.05, 4.69) is 15.6 Å². The number of nitrogens with one attached hydrogen (secondary N) is 1. The Hall–Kier alpha value is -0.806. The number of likely N-dealkylation sites (N-methyl/N-ethyl adjacent to an activating group) is 2. The molecule has 1 amide bonds. The van der Waals surface area contributed by atoms with Crippen LogP contribution in [0.3, 0.4) is 0 Å². The number of carbonyl (C=O) groups is 1. The molecule has 0 bridgehead atoms. The number of aliphatic hydroxyl groups excluding tert-OH is 5. The van der Waals surface area contributed by atoms with E-state index in [1.807, 2.05) is 27.7 Å². The summed E-state index contributed by atoms with van der Waals surface area (Å²) >= 11 is 0. The van der Waals surface area contributed by atoms with Gasteiger partial charge >= 0.3 is 0 Å². The third-order valence-corrected chi connectivity index (χ3v) is 4.12. The zero-order valence-corrected chi connectivity index (χ0v) is 29.9. The first-order valence-electron chi connectivity index (χ1n) is 12.9. The smallest absolute Gasteiger partial charge is 0.296 e. The van der Waals surface area contributed by atoms with Crippen LogP contribution in [0.4, 0.5) is 0 Å². The van der Waals surface area contributed by atoms with Crippen LogP contribution in [0.15, 0.2) is 10.2 Å². The molecule has 6 N–H and O–H groups in total. The summed E-state index contributed by atoms with van der Waals surface area (Å²) in [6.07, 6.45) is -4.76. The van der Waals surface area contributed by atoms with Gasteiger partial charge in [-0.1, -0.05) is 48.5 Å². The Morgan fingerprint density at radius 3 is 1.65 bits per heavy atom. The van der Waals surface area contributed by atoms with Gasteiger partial charge in [0.05, 0.1) is 48.2 Å². The second kappa shape index (κ2) is 22.7. The van der Waals surface area contributed by atoms with Crippen LogP contribution in [0.25, 0.3) is 0 Å². The number of rotatable bonds is 11. The molecule has 1 unspecified atom stereocenters. The molecule has 0 saturated carbocycles. The van der Waals surface area contributed by atoms with Gasteiger partial charge in [0, 0.05) is 51.9 Å². The molecule has 0 aliphatic rings. The molecule has 0 fully saturated rings. The maximum absolute atomic E-state index is 11.9. The predicted molar refractivity (Wildman–Crippen MR) is 147 cm³/mol. The van der Waals surface area contributed by atoms with Crippen LogP contribution in [0.2, 0.25) is 0 Å². The van der Waals surface area contributed by atoms with E-state index in [0.29, 0.717) is 0 Å². The Balaban J connectivity index is -0.000000203. The summed E-state index contributed by atoms with van der Waals surface area (Å²) in [4.78, 5) is 11.9. The Morgan fingerprint density at radius 2 is 1.32 bits per heavy atom. The summed E-state index contributed by atoms with van der Waals surface area (Å²) in [7, 11) is 9.37. The first-order valence-corrected chi connectivity index (χ1v) is 12.9. The van der Waals surface area contributed by atoms with Gasteiger partial charge in [-0.2, -0.15) is 6.61 Å². The van der Waals surface area contributed by atoms with Crippen molar-refractivity contribution in [1.82, 2.24) is 5.43 Å². The van der Waals surface area contributed by atoms with Crippen molar-refractivity contribution in [2.24, 2.45) is 15.6 Å². The van der Waals surface area contributed by atoms with Crippen molar-refractivity contribution in [2.75, 3.05) is 55.4 Å². The standard InChI is InChI=1S/C13H28N4O6.C8H18N2O2.2C2H6.Y/c1-9(19)8-17(4,5)15-13(23)11(21)10(20)12(22)14-16(2,3)6-7-18;1-8(2,3)7(12)9-10(4,5)6-11;2*1-2;/h7,9-11,18-21H,6,8H2,1-5H3,(H-,14,15,22,23);6,11H,1-5H3,(H,9,12);2*1-2H3;/p-1/t9?,10-,11-;;;;/m0..../s1. The van der Waals surface area contributed by atoms with Crippen molar-refractivity contribution >= 4 is 17.7 Å². The van der Waals surface area contributed by atoms with Gasteiger partial charge in [0.25, 0.3) is 5.91 Å². The molecule has 14 nitrogen and oxygen atoms in total. The fourth-order valence-electron chi connectivity index (χ4n) is 2.32. The van der Waals surface area contributed by atoms with Crippen LogP contribution in [0.5, 0.6) is 0 Å². The van der Waals surface area contributed by atoms with Gasteiger partial charge < -0.3 is 40.3 Å². The molecule has 0 aliphatic heterocycles. The van der Waals surface area contributed by atoms with E-state index >= 15 is 0 Å². The minimum absolute atomic E-state index is 0. The van der Waals surface area contributed by atoms with Gasteiger partial charge in [-0.05, 0) is 12.3 Å². The Morgan fingerprint density at radius 1 is 0.900 bits per heavy atom. The van der Waals surface area contributed by atoms with Crippen LogP contribution < -0.4 is 15.6 Å². The second-order valence-corrected chi connectivity index (χ2v) is 10.8. The van der Waals surface area contributed by atoms with Crippen molar-refractivity contribution in [2.45, 2.75) is 73.7 Å². The molecule has 0 aromatic carbocycles. The molecule has 239 valence electrons. The molecule has 0 aliphatic carbocycles. The van der Waals surface area contributed by atoms with E-state index in [1.165, 1.54) is 21.0 Å². The maximum atomic E-state index is 11.9. The average Bonchev–Trinajstić information content (AvgIpc) is 2.78. The number of hydrogen-bond acceptors (Lipinski definition) is 10. The van der Waals surface area contributed by atoms with Gasteiger partial charge in [0.2, 0.25) is 0 Å². The second-order valence-electron chi connectivity index (χ2n) is 10.8. The Labute approximate surface area is 267 Å². The number of aliphatic hydroxyl groups is 5. The molecule has 0 saturated heterocycles. The molecule has 0 heterocycles. The first kappa shape index (κ1) is 48.9. The fraction of sp³-hybridized carbons (Fsp3) is 0.800. The minimum Gasteiger partial charge on any atom is -0.858 e. The van der Waals surface area contributed by atoms with Crippen molar-refractivity contribution in [3.63, 3.8) is 0 Å². The summed E-state index contributed by atoms with van der Waals surface area (Å²) < 4.78 is -0.604. The molecule has 0 rings (SSSR count). The minimum atomic E-state index is -2.03. The molecule has 3 atom stereocenters.